The Bertz CT molecular complexity index is 1010. The van der Waals surface area contributed by atoms with Crippen LogP contribution >= 0.6 is 35.5 Å². The molecule has 0 N–H and O–H groups in total. The minimum Gasteiger partial charge on any atom is -0.497 e. The van der Waals surface area contributed by atoms with E-state index in [9.17, 15) is 4.79 Å². The molecule has 0 aliphatic carbocycles. The number of aryl methyl sites for hydroxylation is 2. The van der Waals surface area contributed by atoms with Crippen molar-refractivity contribution in [1.82, 2.24) is 9.88 Å². The molecule has 3 rings (SSSR count). The Morgan fingerprint density at radius 1 is 1.10 bits per heavy atom. The van der Waals surface area contributed by atoms with E-state index in [1.54, 1.807) is 30.2 Å². The van der Waals surface area contributed by atoms with Gasteiger partial charge < -0.3 is 9.64 Å². The van der Waals surface area contributed by atoms with Crippen LogP contribution in [0.25, 0.3) is 10.2 Å². The molecule has 1 amide bonds. The SMILES string of the molecule is COc1ccc(SCCC(=O)N(CCN(C)C)c2nc3c(C)c(C)ccc3s2)cc1.Cl. The highest BCUT2D eigenvalue weighted by molar-refractivity contribution is 7.99. The van der Waals surface area contributed by atoms with E-state index in [4.69, 9.17) is 9.72 Å². The monoisotopic (exact) mass is 479 g/mol. The van der Waals surface area contributed by atoms with Gasteiger partial charge in [-0.3, -0.25) is 9.69 Å². The number of carbonyl (C=O) groups excluding carboxylic acids is 1. The number of anilines is 1. The predicted octanol–water partition coefficient (Wildman–Crippen LogP) is 5.42. The standard InChI is InChI=1S/C23H29N3O2S2.ClH/c1-16-6-11-20-22(17(16)2)24-23(30-20)26(14-13-25(3)4)21(27)12-15-29-19-9-7-18(28-5)8-10-19;/h6-11H,12-15H2,1-5H3;1H. The third kappa shape index (κ3) is 6.59. The number of likely N-dealkylation sites (N-methyl/N-ethyl adjacent to an activating group) is 1. The number of thioether (sulfide) groups is 1. The van der Waals surface area contributed by atoms with Gasteiger partial charge in [-0.1, -0.05) is 17.4 Å². The van der Waals surface area contributed by atoms with Gasteiger partial charge in [-0.05, 0) is 69.4 Å². The first-order valence-electron chi connectivity index (χ1n) is 9.97. The Hall–Kier alpha value is -1.80. The summed E-state index contributed by atoms with van der Waals surface area (Å²) in [6.45, 7) is 5.62. The Labute approximate surface area is 199 Å². The van der Waals surface area contributed by atoms with Crippen LogP contribution in [0.2, 0.25) is 0 Å². The third-order valence-corrected chi connectivity index (χ3v) is 7.08. The van der Waals surface area contributed by atoms with Gasteiger partial charge in [-0.25, -0.2) is 4.98 Å². The lowest BCUT2D eigenvalue weighted by atomic mass is 10.1. The molecule has 8 heteroatoms. The van der Waals surface area contributed by atoms with E-state index >= 15 is 0 Å². The highest BCUT2D eigenvalue weighted by Gasteiger charge is 2.20. The summed E-state index contributed by atoms with van der Waals surface area (Å²) in [6, 6.07) is 12.2. The molecule has 0 unspecified atom stereocenters. The van der Waals surface area contributed by atoms with Crippen LogP contribution in [0.5, 0.6) is 5.75 Å². The first-order chi connectivity index (χ1) is 14.4. The van der Waals surface area contributed by atoms with E-state index in [0.29, 0.717) is 13.0 Å². The number of rotatable bonds is 9. The number of benzene rings is 2. The van der Waals surface area contributed by atoms with Crippen LogP contribution in [0.1, 0.15) is 17.5 Å². The van der Waals surface area contributed by atoms with Crippen molar-refractivity contribution in [2.24, 2.45) is 0 Å². The third-order valence-electron chi connectivity index (χ3n) is 5.02. The van der Waals surface area contributed by atoms with Gasteiger partial charge in [-0.2, -0.15) is 0 Å². The topological polar surface area (TPSA) is 45.7 Å². The van der Waals surface area contributed by atoms with Gasteiger partial charge in [0.2, 0.25) is 5.91 Å². The van der Waals surface area contributed by atoms with Gasteiger partial charge in [0.05, 0.1) is 17.3 Å². The zero-order valence-corrected chi connectivity index (χ0v) is 21.1. The average Bonchev–Trinajstić information content (AvgIpc) is 3.16. The molecule has 1 aromatic heterocycles. The molecule has 2 aromatic carbocycles. The molecule has 0 fully saturated rings. The molecule has 0 aliphatic heterocycles. The normalized spacial score (nSPS) is 10.9. The summed E-state index contributed by atoms with van der Waals surface area (Å²) < 4.78 is 6.33. The number of amides is 1. The van der Waals surface area contributed by atoms with E-state index in [-0.39, 0.29) is 18.3 Å². The van der Waals surface area contributed by atoms with Crippen molar-refractivity contribution >= 4 is 56.8 Å². The van der Waals surface area contributed by atoms with E-state index < -0.39 is 0 Å². The first kappa shape index (κ1) is 25.5. The number of methoxy groups -OCH3 is 1. The number of hydrogen-bond donors (Lipinski definition) is 0. The largest absolute Gasteiger partial charge is 0.497 e. The van der Waals surface area contributed by atoms with Crippen molar-refractivity contribution in [3.05, 3.63) is 47.5 Å². The van der Waals surface area contributed by atoms with Gasteiger partial charge in [0, 0.05) is 30.2 Å². The summed E-state index contributed by atoms with van der Waals surface area (Å²) in [5, 5.41) is 0.792. The number of ether oxygens (including phenoxy) is 1. The lowest BCUT2D eigenvalue weighted by Crippen LogP contribution is -2.36. The van der Waals surface area contributed by atoms with E-state index in [1.165, 1.54) is 11.1 Å². The summed E-state index contributed by atoms with van der Waals surface area (Å²) in [6.07, 6.45) is 0.470. The van der Waals surface area contributed by atoms with Crippen LogP contribution in [0.15, 0.2) is 41.3 Å². The number of carbonyl (C=O) groups is 1. The number of nitrogens with zero attached hydrogens (tertiary/aromatic N) is 3. The molecule has 0 radical (unpaired) electrons. The van der Waals surface area contributed by atoms with Crippen molar-refractivity contribution in [2.75, 3.05) is 44.9 Å². The second kappa shape index (κ2) is 11.7. The molecule has 1 heterocycles. The van der Waals surface area contributed by atoms with Gasteiger partial charge >= 0.3 is 0 Å². The molecule has 0 atom stereocenters. The van der Waals surface area contributed by atoms with Crippen molar-refractivity contribution in [3.8, 4) is 5.75 Å². The summed E-state index contributed by atoms with van der Waals surface area (Å²) in [7, 11) is 5.70. The van der Waals surface area contributed by atoms with Crippen LogP contribution in [0.4, 0.5) is 5.13 Å². The van der Waals surface area contributed by atoms with E-state index in [1.807, 2.05) is 43.3 Å². The number of aromatic nitrogens is 1. The zero-order chi connectivity index (χ0) is 21.7. The Balaban J connectivity index is 0.00000341. The maximum Gasteiger partial charge on any atom is 0.229 e. The number of fused-ring (bicyclic) bond motifs is 1. The van der Waals surface area contributed by atoms with E-state index in [2.05, 4.69) is 30.9 Å². The van der Waals surface area contributed by atoms with Crippen LogP contribution in [0.3, 0.4) is 0 Å². The number of thiazole rings is 1. The number of hydrogen-bond acceptors (Lipinski definition) is 6. The summed E-state index contributed by atoms with van der Waals surface area (Å²) in [4.78, 5) is 23.0. The van der Waals surface area contributed by atoms with E-state index in [0.717, 1.165) is 38.3 Å². The van der Waals surface area contributed by atoms with Crippen LogP contribution < -0.4 is 9.64 Å². The molecular formula is C23H30ClN3O2S2. The fourth-order valence-electron chi connectivity index (χ4n) is 3.02. The van der Waals surface area contributed by atoms with Gasteiger partial charge in [0.15, 0.2) is 5.13 Å². The maximum atomic E-state index is 13.1. The summed E-state index contributed by atoms with van der Waals surface area (Å²) in [5.41, 5.74) is 3.41. The molecule has 0 saturated heterocycles. The minimum atomic E-state index is 0. The Morgan fingerprint density at radius 2 is 1.81 bits per heavy atom. The lowest BCUT2D eigenvalue weighted by Gasteiger charge is -2.22. The maximum absolute atomic E-state index is 13.1. The predicted molar refractivity (Wildman–Crippen MR) is 136 cm³/mol. The highest BCUT2D eigenvalue weighted by Crippen LogP contribution is 2.32. The molecule has 0 spiro atoms. The fourth-order valence-corrected chi connectivity index (χ4v) is 4.93. The molecule has 0 aliphatic rings. The summed E-state index contributed by atoms with van der Waals surface area (Å²) >= 11 is 3.28. The zero-order valence-electron chi connectivity index (χ0n) is 18.7. The summed E-state index contributed by atoms with van der Waals surface area (Å²) in [5.74, 6) is 1.69. The van der Waals surface area contributed by atoms with Crippen molar-refractivity contribution < 1.29 is 9.53 Å². The highest BCUT2D eigenvalue weighted by atomic mass is 35.5. The first-order valence-corrected chi connectivity index (χ1v) is 11.8. The minimum absolute atomic E-state index is 0. The van der Waals surface area contributed by atoms with Crippen molar-refractivity contribution in [2.45, 2.75) is 25.2 Å². The molecule has 0 saturated carbocycles. The molecule has 0 bridgehead atoms. The Kier molecular flexibility index (Phi) is 9.62. The lowest BCUT2D eigenvalue weighted by molar-refractivity contribution is -0.118. The molecular weight excluding hydrogens is 450 g/mol. The van der Waals surface area contributed by atoms with Crippen LogP contribution in [-0.4, -0.2) is 55.8 Å². The molecule has 168 valence electrons. The van der Waals surface area contributed by atoms with Crippen LogP contribution in [-0.2, 0) is 4.79 Å². The second-order valence-corrected chi connectivity index (χ2v) is 9.65. The molecule has 3 aromatic rings. The quantitative estimate of drug-likeness (QED) is 0.383. The second-order valence-electron chi connectivity index (χ2n) is 7.47. The average molecular weight is 480 g/mol. The Morgan fingerprint density at radius 3 is 2.45 bits per heavy atom. The van der Waals surface area contributed by atoms with Crippen LogP contribution in [0, 0.1) is 13.8 Å². The molecule has 5 nitrogen and oxygen atoms in total. The molecule has 31 heavy (non-hydrogen) atoms. The van der Waals surface area contributed by atoms with Gasteiger partial charge in [-0.15, -0.1) is 24.2 Å². The fraction of sp³-hybridized carbons (Fsp3) is 0.391. The number of halogens is 1. The van der Waals surface area contributed by atoms with Crippen molar-refractivity contribution in [3.63, 3.8) is 0 Å². The van der Waals surface area contributed by atoms with Crippen molar-refractivity contribution in [1.29, 1.82) is 0 Å². The smallest absolute Gasteiger partial charge is 0.229 e. The van der Waals surface area contributed by atoms with Gasteiger partial charge in [0.1, 0.15) is 5.75 Å². The van der Waals surface area contributed by atoms with Gasteiger partial charge in [0.25, 0.3) is 0 Å².